The van der Waals surface area contributed by atoms with E-state index in [1.165, 1.54) is 16.7 Å². The summed E-state index contributed by atoms with van der Waals surface area (Å²) in [5.74, 6) is 0.119. The summed E-state index contributed by atoms with van der Waals surface area (Å²) in [4.78, 5) is 25.0. The van der Waals surface area contributed by atoms with Crippen molar-refractivity contribution in [3.8, 4) is 0 Å². The van der Waals surface area contributed by atoms with E-state index in [2.05, 4.69) is 52.0 Å². The van der Waals surface area contributed by atoms with Crippen LogP contribution in [0.3, 0.4) is 0 Å². The molecule has 0 heterocycles. The normalized spacial score (nSPS) is 12.4. The average molecular weight is 403 g/mol. The molecule has 0 aromatic heterocycles. The summed E-state index contributed by atoms with van der Waals surface area (Å²) in [7, 11) is 0. The second kappa shape index (κ2) is 10.9. The average Bonchev–Trinajstić information content (AvgIpc) is 2.71. The zero-order valence-electron chi connectivity index (χ0n) is 19.2. The Labute approximate surface area is 181 Å². The Bertz CT molecular complexity index is 922. The molecule has 0 aliphatic carbocycles. The molecule has 2 heteroatoms. The summed E-state index contributed by atoms with van der Waals surface area (Å²) < 4.78 is 0. The third-order valence-corrected chi connectivity index (χ3v) is 5.58. The molecule has 0 fully saturated rings. The number of hydrogen-bond acceptors (Lipinski definition) is 2. The fourth-order valence-corrected chi connectivity index (χ4v) is 3.69. The van der Waals surface area contributed by atoms with Crippen molar-refractivity contribution in [2.45, 2.75) is 66.7 Å². The van der Waals surface area contributed by atoms with Crippen molar-refractivity contribution < 1.29 is 9.59 Å². The quantitative estimate of drug-likeness (QED) is 0.322. The topological polar surface area (TPSA) is 34.1 Å². The molecule has 0 radical (unpaired) electrons. The first kappa shape index (κ1) is 23.5. The molecule has 0 spiro atoms. The number of allylic oxidation sites excluding steroid dienone is 4. The number of benzene rings is 2. The molecule has 0 aliphatic heterocycles. The Balaban J connectivity index is 2.43. The van der Waals surface area contributed by atoms with Gasteiger partial charge in [0, 0.05) is 17.0 Å². The van der Waals surface area contributed by atoms with E-state index in [-0.39, 0.29) is 17.5 Å². The molecular formula is C28H34O2. The summed E-state index contributed by atoms with van der Waals surface area (Å²) >= 11 is 0. The van der Waals surface area contributed by atoms with Gasteiger partial charge in [0.2, 0.25) is 0 Å². The fourth-order valence-electron chi connectivity index (χ4n) is 3.69. The Morgan fingerprint density at radius 2 is 1.40 bits per heavy atom. The minimum atomic E-state index is 0.00482. The molecule has 2 aromatic carbocycles. The van der Waals surface area contributed by atoms with E-state index in [1.807, 2.05) is 30.3 Å². The molecular weight excluding hydrogens is 368 g/mol. The third kappa shape index (κ3) is 6.38. The molecule has 158 valence electrons. The minimum absolute atomic E-state index is 0.00482. The van der Waals surface area contributed by atoms with Crippen molar-refractivity contribution in [1.29, 1.82) is 0 Å². The molecule has 0 N–H and O–H groups in total. The first-order valence-electron chi connectivity index (χ1n) is 10.7. The lowest BCUT2D eigenvalue weighted by Gasteiger charge is -2.18. The van der Waals surface area contributed by atoms with Gasteiger partial charge in [-0.15, -0.1) is 0 Å². The Morgan fingerprint density at radius 1 is 0.833 bits per heavy atom. The number of carbonyl (C=O) groups excluding carboxylic acids is 2. The maximum Gasteiger partial charge on any atom is 0.160 e. The van der Waals surface area contributed by atoms with E-state index >= 15 is 0 Å². The second-order valence-electron chi connectivity index (χ2n) is 8.41. The van der Waals surface area contributed by atoms with Crippen LogP contribution in [0.15, 0.2) is 65.8 Å². The fraction of sp³-hybridized carbons (Fsp3) is 0.357. The SMILES string of the molecule is CC(=O)c1cc(C(C)c2ccccc2)cc(C(C)=O)c1CC=C(C)CCC=C(C)C. The molecule has 2 aromatic rings. The highest BCUT2D eigenvalue weighted by molar-refractivity contribution is 6.02. The standard InChI is InChI=1S/C28H34O2/c1-19(2)11-10-12-20(3)15-16-26-27(22(5)29)17-25(18-28(26)23(6)30)21(4)24-13-8-7-9-14-24/h7-9,11,13-15,17-18,21H,10,12,16H2,1-6H3. The van der Waals surface area contributed by atoms with Crippen molar-refractivity contribution in [3.05, 3.63) is 93.6 Å². The number of Topliss-reactive ketones (excluding diaryl/α,β-unsaturated/α-hetero) is 2. The predicted molar refractivity (Wildman–Crippen MR) is 127 cm³/mol. The maximum atomic E-state index is 12.5. The van der Waals surface area contributed by atoms with Gasteiger partial charge in [0.15, 0.2) is 11.6 Å². The van der Waals surface area contributed by atoms with Gasteiger partial charge in [0.1, 0.15) is 0 Å². The molecule has 2 nitrogen and oxygen atoms in total. The van der Waals surface area contributed by atoms with E-state index in [1.54, 1.807) is 13.8 Å². The molecule has 0 amide bonds. The van der Waals surface area contributed by atoms with Crippen molar-refractivity contribution in [3.63, 3.8) is 0 Å². The van der Waals surface area contributed by atoms with Gasteiger partial charge in [-0.25, -0.2) is 0 Å². The van der Waals surface area contributed by atoms with Gasteiger partial charge in [-0.1, -0.05) is 60.6 Å². The molecule has 30 heavy (non-hydrogen) atoms. The lowest BCUT2D eigenvalue weighted by atomic mass is 9.85. The van der Waals surface area contributed by atoms with Gasteiger partial charge in [0.05, 0.1) is 0 Å². The highest BCUT2D eigenvalue weighted by Gasteiger charge is 2.19. The Morgan fingerprint density at radius 3 is 1.90 bits per heavy atom. The molecule has 0 saturated heterocycles. The summed E-state index contributed by atoms with van der Waals surface area (Å²) in [6.45, 7) is 11.6. The highest BCUT2D eigenvalue weighted by Crippen LogP contribution is 2.29. The van der Waals surface area contributed by atoms with Crippen LogP contribution in [0, 0.1) is 0 Å². The van der Waals surface area contributed by atoms with Crippen LogP contribution < -0.4 is 0 Å². The first-order chi connectivity index (χ1) is 14.2. The van der Waals surface area contributed by atoms with E-state index in [9.17, 15) is 9.59 Å². The summed E-state index contributed by atoms with van der Waals surface area (Å²) in [6.07, 6.45) is 6.99. The Hall–Kier alpha value is -2.74. The van der Waals surface area contributed by atoms with Gasteiger partial charge >= 0.3 is 0 Å². The predicted octanol–water partition coefficient (Wildman–Crippen LogP) is 7.48. The largest absolute Gasteiger partial charge is 0.295 e. The van der Waals surface area contributed by atoms with Crippen LogP contribution in [0.25, 0.3) is 0 Å². The number of carbonyl (C=O) groups is 2. The van der Waals surface area contributed by atoms with E-state index in [0.29, 0.717) is 17.5 Å². The van der Waals surface area contributed by atoms with E-state index in [4.69, 9.17) is 0 Å². The smallest absolute Gasteiger partial charge is 0.160 e. The molecule has 2 rings (SSSR count). The molecule has 0 aliphatic rings. The van der Waals surface area contributed by atoms with Crippen LogP contribution in [-0.4, -0.2) is 11.6 Å². The Kier molecular flexibility index (Phi) is 8.53. The lowest BCUT2D eigenvalue weighted by molar-refractivity contribution is 0.101. The summed E-state index contributed by atoms with van der Waals surface area (Å²) in [5, 5.41) is 0. The summed E-state index contributed by atoms with van der Waals surface area (Å²) in [6, 6.07) is 14.1. The first-order valence-corrected chi connectivity index (χ1v) is 10.7. The van der Waals surface area contributed by atoms with Crippen LogP contribution in [0.1, 0.15) is 97.7 Å². The van der Waals surface area contributed by atoms with Crippen molar-refractivity contribution in [2.24, 2.45) is 0 Å². The van der Waals surface area contributed by atoms with Crippen LogP contribution in [-0.2, 0) is 6.42 Å². The zero-order chi connectivity index (χ0) is 22.3. The van der Waals surface area contributed by atoms with Crippen LogP contribution in [0.4, 0.5) is 0 Å². The van der Waals surface area contributed by atoms with Crippen LogP contribution in [0.2, 0.25) is 0 Å². The molecule has 1 atom stereocenters. The molecule has 0 saturated carbocycles. The van der Waals surface area contributed by atoms with Gasteiger partial charge in [-0.05, 0) is 82.7 Å². The van der Waals surface area contributed by atoms with Crippen molar-refractivity contribution in [2.75, 3.05) is 0 Å². The van der Waals surface area contributed by atoms with Crippen molar-refractivity contribution >= 4 is 11.6 Å². The number of rotatable bonds is 9. The zero-order valence-corrected chi connectivity index (χ0v) is 19.2. The third-order valence-electron chi connectivity index (χ3n) is 5.58. The lowest BCUT2D eigenvalue weighted by Crippen LogP contribution is -2.10. The molecule has 1 unspecified atom stereocenters. The summed E-state index contributed by atoms with van der Waals surface area (Å²) in [5.41, 5.74) is 6.94. The van der Waals surface area contributed by atoms with Crippen molar-refractivity contribution in [1.82, 2.24) is 0 Å². The monoisotopic (exact) mass is 402 g/mol. The minimum Gasteiger partial charge on any atom is -0.295 e. The van der Waals surface area contributed by atoms with Crippen LogP contribution >= 0.6 is 0 Å². The number of hydrogen-bond donors (Lipinski definition) is 0. The van der Waals surface area contributed by atoms with E-state index < -0.39 is 0 Å². The van der Waals surface area contributed by atoms with Gasteiger partial charge in [-0.3, -0.25) is 9.59 Å². The maximum absolute atomic E-state index is 12.5. The van der Waals surface area contributed by atoms with E-state index in [0.717, 1.165) is 24.0 Å². The highest BCUT2D eigenvalue weighted by atomic mass is 16.1. The van der Waals surface area contributed by atoms with Gasteiger partial charge < -0.3 is 0 Å². The van der Waals surface area contributed by atoms with Crippen LogP contribution in [0.5, 0.6) is 0 Å². The number of ketones is 2. The molecule has 0 bridgehead atoms. The van der Waals surface area contributed by atoms with Gasteiger partial charge in [-0.2, -0.15) is 0 Å². The second-order valence-corrected chi connectivity index (χ2v) is 8.41. The van der Waals surface area contributed by atoms with Gasteiger partial charge in [0.25, 0.3) is 0 Å².